The van der Waals surface area contributed by atoms with E-state index < -0.39 is 0 Å². The fourth-order valence-electron chi connectivity index (χ4n) is 15.7. The Labute approximate surface area is 860 Å². The third-order valence-corrected chi connectivity index (χ3v) is 25.9. The summed E-state index contributed by atoms with van der Waals surface area (Å²) in [5.41, 5.74) is 12.3. The number of phenols is 3. The lowest BCUT2D eigenvalue weighted by molar-refractivity contribution is -0.176. The lowest BCUT2D eigenvalue weighted by Gasteiger charge is -2.16. The zero-order chi connectivity index (χ0) is 108. The summed E-state index contributed by atoms with van der Waals surface area (Å²) in [5.74, 6) is 6.62. The first-order valence-electron chi connectivity index (χ1n) is 51.6. The first-order valence-corrected chi connectivity index (χ1v) is 51.6. The number of fused-ring (bicyclic) bond motifs is 9. The second-order valence-corrected chi connectivity index (χ2v) is 34.4. The molecule has 0 saturated heterocycles. The van der Waals surface area contributed by atoms with Crippen molar-refractivity contribution in [3.63, 3.8) is 0 Å². The van der Waals surface area contributed by atoms with E-state index in [1.54, 1.807) is 24.3 Å². The van der Waals surface area contributed by atoms with Gasteiger partial charge in [0.25, 0.3) is 0 Å². The summed E-state index contributed by atoms with van der Waals surface area (Å²) in [6.45, 7) is 52.1. The number of hydrogen-bond donors (Lipinski definition) is 12. The molecule has 774 valence electrons. The molecule has 0 heterocycles. The van der Waals surface area contributed by atoms with E-state index >= 15 is 0 Å². The van der Waals surface area contributed by atoms with Gasteiger partial charge in [-0.15, -0.1) is 0 Å². The molecule has 9 atom stereocenters. The van der Waals surface area contributed by atoms with Crippen LogP contribution in [0.5, 0.6) is 17.2 Å². The number of aliphatic hydroxyl groups is 3. The molecule has 12 N–H and O–H groups in total. The molecule has 0 aliphatic rings. The van der Waals surface area contributed by atoms with Gasteiger partial charge in [-0.1, -0.05) is 469 Å². The Balaban J connectivity index is 0.00000156. The maximum Gasteiger partial charge on any atom is 0.119 e. The van der Waals surface area contributed by atoms with Gasteiger partial charge in [-0.3, -0.25) is 31.5 Å². The molecule has 9 unspecified atom stereocenters. The molecule has 17 aromatic carbocycles. The van der Waals surface area contributed by atoms with Crippen LogP contribution in [-0.4, -0.2) is 83.5 Å². The van der Waals surface area contributed by atoms with E-state index in [0.29, 0.717) is 70.5 Å². The molecule has 0 bridgehead atoms. The fraction of sp³-hybridized carbons (Fsp3) is 0.344. The van der Waals surface area contributed by atoms with Gasteiger partial charge in [-0.05, 0) is 296 Å². The average Bonchev–Trinajstić information content (AvgIpc) is 0.761. The van der Waals surface area contributed by atoms with Crippen LogP contribution in [0.25, 0.3) is 86.2 Å². The average molecular weight is 1940 g/mol. The van der Waals surface area contributed by atoms with Crippen molar-refractivity contribution >= 4 is 86.2 Å². The van der Waals surface area contributed by atoms with Gasteiger partial charge >= 0.3 is 0 Å². The quantitative estimate of drug-likeness (QED) is 0.0166. The second kappa shape index (κ2) is 78.4. The Hall–Kier alpha value is -12.1. The van der Waals surface area contributed by atoms with Crippen LogP contribution in [-0.2, 0) is 0 Å². The molecule has 12 heteroatoms. The number of para-hydroxylation sites is 1. The van der Waals surface area contributed by atoms with Crippen molar-refractivity contribution in [2.24, 2.45) is 0 Å². The molecule has 0 spiro atoms. The van der Waals surface area contributed by atoms with Crippen molar-refractivity contribution < 1.29 is 62.2 Å². The molecule has 0 aliphatic carbocycles. The van der Waals surface area contributed by atoms with Crippen molar-refractivity contribution in [3.05, 3.63) is 402 Å². The lowest BCUT2D eigenvalue weighted by atomic mass is 9.88. The second-order valence-electron chi connectivity index (χ2n) is 34.4. The van der Waals surface area contributed by atoms with Crippen molar-refractivity contribution in [2.45, 2.75) is 277 Å². The third kappa shape index (κ3) is 43.5. The normalized spacial score (nSPS) is 11.7. The van der Waals surface area contributed by atoms with Gasteiger partial charge in [-0.2, -0.15) is 0 Å². The van der Waals surface area contributed by atoms with Crippen LogP contribution in [0.1, 0.15) is 327 Å². The Bertz CT molecular complexity index is 6040. The number of benzene rings is 17. The molecule has 0 aliphatic heterocycles. The molecule has 17 rings (SSSR count). The van der Waals surface area contributed by atoms with E-state index in [9.17, 15) is 5.11 Å². The number of aromatic hydroxyl groups is 3. The Morgan fingerprint density at radius 3 is 0.867 bits per heavy atom. The van der Waals surface area contributed by atoms with Crippen LogP contribution in [0.2, 0.25) is 0 Å². The molecule has 0 saturated carbocycles. The first kappa shape index (κ1) is 131. The van der Waals surface area contributed by atoms with Gasteiger partial charge < -0.3 is 30.6 Å². The zero-order valence-corrected chi connectivity index (χ0v) is 91.4. The fourth-order valence-corrected chi connectivity index (χ4v) is 15.7. The number of phenolic OH excluding ortho intramolecular Hbond substituents is 3. The van der Waals surface area contributed by atoms with E-state index in [4.69, 9.17) is 57.1 Å². The lowest BCUT2D eigenvalue weighted by Crippen LogP contribution is -1.95. The highest BCUT2D eigenvalue weighted by Gasteiger charge is 2.15. The molecule has 0 fully saturated rings. The SMILES string of the molecule is CC.CC.CC.CCC(C)c1c2ccccc2cc2ccccc12.CCC(C)c1ccc(O)cc1.CCC(C)c1ccc2cc3ccccc3cc2c1.CCC(C)c1ccc2ccc3ccccc3c2c1.CCC(C)c1ccc2ccccc2c1.CCC(C)c1cccc(O)c1.CCC(C)c1cccc2ccccc12.CCC(C)c1ccccc1.CCC(C)c1ccccc1O.CO.CO.CO.OO.OO.OO. The summed E-state index contributed by atoms with van der Waals surface area (Å²) < 4.78 is 0. The summed E-state index contributed by atoms with van der Waals surface area (Å²) in [7, 11) is 3.00. The molecule has 0 aromatic heterocycles. The molecular weight excluding hydrogens is 1770 g/mol. The van der Waals surface area contributed by atoms with Gasteiger partial charge in [0, 0.05) is 21.3 Å². The summed E-state index contributed by atoms with van der Waals surface area (Å²) in [5, 5.41) is 106. The molecule has 17 aromatic rings. The van der Waals surface area contributed by atoms with E-state index in [1.165, 1.54) is 169 Å². The maximum atomic E-state index is 9.41. The topological polar surface area (TPSA) is 243 Å². The van der Waals surface area contributed by atoms with Crippen molar-refractivity contribution in [1.29, 1.82) is 0 Å². The van der Waals surface area contributed by atoms with Gasteiger partial charge in [0.15, 0.2) is 0 Å². The Morgan fingerprint density at radius 2 is 0.427 bits per heavy atom. The van der Waals surface area contributed by atoms with Crippen LogP contribution < -0.4 is 0 Å². The number of rotatable bonds is 18. The standard InChI is InChI=1S/3C18H18.2C14H16.3C10H14O.C10H14.3C2H6.3CH4O.3H2O2/c1-3-13(2)18-16-10-6-4-8-14(16)12-15-9-5-7-11-17(15)18;1-3-13(2)14-8-9-17-11-15-6-4-5-7-16(15)12-18(17)10-14;1-3-13(2)16-11-10-15-9-8-14-6-4-5-7-17(14)18(15)12-16;1-3-11(2)13-10-6-8-12-7-4-5-9-14(12)13;1-3-11(2)13-9-8-12-6-4-5-7-14(12)10-13;1-3-8(2)9-4-6-10(11)7-5-9;1-3-8(2)9-5-4-6-10(11)7-9;1-3-8(2)9-6-4-5-7-10(9)11;1-3-9(2)10-7-5-4-6-8-10;9*1-2/h3*4-13H,3H2,1-2H3;2*4-11H,3H2,1-2H3;3*4-8,11H,3H2,1-2H3;4-9H,3H2,1-2H3;3*1-2H3;3*2H,1H3;3*1-2H. The maximum absolute atomic E-state index is 9.41. The van der Waals surface area contributed by atoms with Crippen LogP contribution in [0.3, 0.4) is 0 Å². The van der Waals surface area contributed by atoms with Crippen molar-refractivity contribution in [3.8, 4) is 17.2 Å². The van der Waals surface area contributed by atoms with E-state index in [2.05, 4.69) is 404 Å². The molecule has 12 nitrogen and oxygen atoms in total. The monoisotopic (exact) mass is 1940 g/mol. The third-order valence-electron chi connectivity index (χ3n) is 25.9. The molecule has 0 radical (unpaired) electrons. The van der Waals surface area contributed by atoms with Crippen LogP contribution in [0.4, 0.5) is 0 Å². The smallest absolute Gasteiger partial charge is 0.119 e. The highest BCUT2D eigenvalue weighted by molar-refractivity contribution is 6.08. The Kier molecular flexibility index (Phi) is 71.7. The summed E-state index contributed by atoms with van der Waals surface area (Å²) in [6.07, 6.45) is 10.5. The van der Waals surface area contributed by atoms with Gasteiger partial charge in [0.1, 0.15) is 17.2 Å². The highest BCUT2D eigenvalue weighted by atomic mass is 17.0. The summed E-state index contributed by atoms with van der Waals surface area (Å²) in [4.78, 5) is 0. The minimum atomic E-state index is 0.344. The summed E-state index contributed by atoms with van der Waals surface area (Å²) in [6, 6.07) is 123. The van der Waals surface area contributed by atoms with Crippen molar-refractivity contribution in [2.75, 3.05) is 21.3 Å². The highest BCUT2D eigenvalue weighted by Crippen LogP contribution is 2.37. The van der Waals surface area contributed by atoms with Gasteiger partial charge in [-0.25, -0.2) is 0 Å². The van der Waals surface area contributed by atoms with E-state index in [-0.39, 0.29) is 0 Å². The predicted octanol–water partition coefficient (Wildman–Crippen LogP) is 39.1. The van der Waals surface area contributed by atoms with Gasteiger partial charge in [0.05, 0.1) is 0 Å². The summed E-state index contributed by atoms with van der Waals surface area (Å²) >= 11 is 0. The number of hydrogen-bond acceptors (Lipinski definition) is 12. The van der Waals surface area contributed by atoms with Crippen LogP contribution in [0.15, 0.2) is 352 Å². The minimum Gasteiger partial charge on any atom is -0.508 e. The van der Waals surface area contributed by atoms with Crippen LogP contribution in [0, 0.1) is 0 Å². The van der Waals surface area contributed by atoms with E-state index in [1.807, 2.05) is 90.1 Å². The minimum absolute atomic E-state index is 0.344. The Morgan fingerprint density at radius 1 is 0.168 bits per heavy atom. The first-order chi connectivity index (χ1) is 69.6. The number of aliphatic hydroxyl groups excluding tert-OH is 3. The predicted molar refractivity (Wildman–Crippen MR) is 626 cm³/mol. The van der Waals surface area contributed by atoms with Crippen molar-refractivity contribution in [1.82, 2.24) is 0 Å². The van der Waals surface area contributed by atoms with Crippen LogP contribution >= 0.6 is 0 Å². The molecule has 143 heavy (non-hydrogen) atoms. The largest absolute Gasteiger partial charge is 0.508 e. The zero-order valence-electron chi connectivity index (χ0n) is 91.4. The molecular formula is C131H178O12. The molecule has 0 amide bonds. The van der Waals surface area contributed by atoms with E-state index in [0.717, 1.165) is 46.2 Å². The van der Waals surface area contributed by atoms with Gasteiger partial charge in [0.2, 0.25) is 0 Å².